The van der Waals surface area contributed by atoms with E-state index in [0.717, 1.165) is 5.56 Å². The summed E-state index contributed by atoms with van der Waals surface area (Å²) in [5.74, 6) is 5.17. The number of hydrogen-bond donors (Lipinski definition) is 2. The monoisotopic (exact) mass is 332 g/mol. The lowest BCUT2D eigenvalue weighted by molar-refractivity contribution is 0.549. The zero-order chi connectivity index (χ0) is 14.7. The van der Waals surface area contributed by atoms with E-state index in [1.807, 2.05) is 0 Å². The molecule has 2 nitrogen and oxygen atoms in total. The molecule has 1 atom stereocenters. The molecule has 0 aromatic heterocycles. The Morgan fingerprint density at radius 2 is 1.70 bits per heavy atom. The van der Waals surface area contributed by atoms with E-state index in [4.69, 9.17) is 40.6 Å². The van der Waals surface area contributed by atoms with Crippen LogP contribution < -0.4 is 11.3 Å². The molecule has 0 heterocycles. The minimum absolute atomic E-state index is 0.302. The average Bonchev–Trinajstić information content (AvgIpc) is 2.40. The first-order valence-electron chi connectivity index (χ1n) is 5.87. The van der Waals surface area contributed by atoms with Gasteiger partial charge < -0.3 is 0 Å². The van der Waals surface area contributed by atoms with E-state index >= 15 is 0 Å². The van der Waals surface area contributed by atoms with Crippen LogP contribution in [0.5, 0.6) is 0 Å². The van der Waals surface area contributed by atoms with Gasteiger partial charge in [0.2, 0.25) is 0 Å². The van der Waals surface area contributed by atoms with Gasteiger partial charge in [0, 0.05) is 15.1 Å². The lowest BCUT2D eigenvalue weighted by atomic mass is 9.99. The molecule has 2 aromatic carbocycles. The van der Waals surface area contributed by atoms with Crippen molar-refractivity contribution in [3.63, 3.8) is 0 Å². The van der Waals surface area contributed by atoms with Crippen LogP contribution >= 0.6 is 34.8 Å². The Kier molecular flexibility index (Phi) is 5.24. The van der Waals surface area contributed by atoms with Crippen LogP contribution in [-0.4, -0.2) is 0 Å². The highest BCUT2D eigenvalue weighted by atomic mass is 35.5. The van der Waals surface area contributed by atoms with E-state index < -0.39 is 5.82 Å². The van der Waals surface area contributed by atoms with E-state index in [9.17, 15) is 4.39 Å². The predicted octanol–water partition coefficient (Wildman–Crippen LogP) is 4.53. The van der Waals surface area contributed by atoms with Gasteiger partial charge in [0.15, 0.2) is 0 Å². The molecule has 106 valence electrons. The molecule has 0 saturated heterocycles. The summed E-state index contributed by atoms with van der Waals surface area (Å²) in [5, 5.41) is 1.41. The fourth-order valence-corrected chi connectivity index (χ4v) is 2.82. The number of benzene rings is 2. The lowest BCUT2D eigenvalue weighted by Gasteiger charge is -2.19. The number of nitrogens with one attached hydrogen (secondary N) is 1. The molecule has 0 aliphatic rings. The highest BCUT2D eigenvalue weighted by Crippen LogP contribution is 2.31. The Hall–Kier alpha value is -0.840. The summed E-state index contributed by atoms with van der Waals surface area (Å²) in [5.41, 5.74) is 4.11. The van der Waals surface area contributed by atoms with Crippen LogP contribution in [0.2, 0.25) is 15.1 Å². The zero-order valence-electron chi connectivity index (χ0n) is 10.3. The summed E-state index contributed by atoms with van der Waals surface area (Å²) in [7, 11) is 0. The number of nitrogens with two attached hydrogens (primary N) is 1. The maximum Gasteiger partial charge on any atom is 0.124 e. The minimum atomic E-state index is -0.398. The SMILES string of the molecule is NNC(Cc1c(Cl)cccc1Cl)c1ccc(F)cc1Cl. The van der Waals surface area contributed by atoms with Crippen LogP contribution in [0, 0.1) is 5.82 Å². The van der Waals surface area contributed by atoms with Crippen LogP contribution in [-0.2, 0) is 6.42 Å². The van der Waals surface area contributed by atoms with Crippen molar-refractivity contribution in [2.24, 2.45) is 5.84 Å². The summed E-state index contributed by atoms with van der Waals surface area (Å²) < 4.78 is 13.1. The van der Waals surface area contributed by atoms with Gasteiger partial charge in [0.05, 0.1) is 6.04 Å². The molecule has 2 rings (SSSR count). The normalized spacial score (nSPS) is 12.4. The number of hydrazine groups is 1. The number of rotatable bonds is 4. The van der Waals surface area contributed by atoms with Gasteiger partial charge in [0.1, 0.15) is 5.82 Å². The fourth-order valence-electron chi connectivity index (χ4n) is 1.97. The lowest BCUT2D eigenvalue weighted by Crippen LogP contribution is -2.30. The number of halogens is 4. The van der Waals surface area contributed by atoms with Gasteiger partial charge in [-0.05, 0) is 41.8 Å². The first kappa shape index (κ1) is 15.5. The van der Waals surface area contributed by atoms with Gasteiger partial charge in [-0.15, -0.1) is 0 Å². The topological polar surface area (TPSA) is 38.0 Å². The minimum Gasteiger partial charge on any atom is -0.271 e. The van der Waals surface area contributed by atoms with E-state index in [1.54, 1.807) is 24.3 Å². The Balaban J connectivity index is 2.34. The molecule has 0 bridgehead atoms. The van der Waals surface area contributed by atoms with Gasteiger partial charge in [-0.25, -0.2) is 4.39 Å². The van der Waals surface area contributed by atoms with Crippen molar-refractivity contribution in [3.05, 3.63) is 68.4 Å². The van der Waals surface area contributed by atoms with Gasteiger partial charge in [0.25, 0.3) is 0 Å². The smallest absolute Gasteiger partial charge is 0.124 e. The Morgan fingerprint density at radius 1 is 1.05 bits per heavy atom. The molecular weight excluding hydrogens is 322 g/mol. The largest absolute Gasteiger partial charge is 0.271 e. The second-order valence-electron chi connectivity index (χ2n) is 4.29. The molecule has 0 saturated carbocycles. The molecule has 6 heteroatoms. The van der Waals surface area contributed by atoms with Gasteiger partial charge >= 0.3 is 0 Å². The van der Waals surface area contributed by atoms with Gasteiger partial charge in [-0.2, -0.15) is 0 Å². The summed E-state index contributed by atoms with van der Waals surface area (Å²) in [6, 6.07) is 9.12. The Labute approximate surface area is 131 Å². The quantitative estimate of drug-likeness (QED) is 0.637. The van der Waals surface area contributed by atoms with Crippen molar-refractivity contribution in [3.8, 4) is 0 Å². The predicted molar refractivity (Wildman–Crippen MR) is 81.6 cm³/mol. The standard InChI is InChI=1S/C14H12Cl3FN2/c15-11-2-1-3-12(16)10(11)7-14(20-19)9-5-4-8(18)6-13(9)17/h1-6,14,20H,7,19H2. The maximum atomic E-state index is 13.1. The van der Waals surface area contributed by atoms with Gasteiger partial charge in [-0.1, -0.05) is 46.9 Å². The van der Waals surface area contributed by atoms with E-state index in [1.165, 1.54) is 12.1 Å². The molecule has 3 N–H and O–H groups in total. The third kappa shape index (κ3) is 3.43. The van der Waals surface area contributed by atoms with Crippen molar-refractivity contribution < 1.29 is 4.39 Å². The highest BCUT2D eigenvalue weighted by Gasteiger charge is 2.17. The molecule has 0 aliphatic heterocycles. The van der Waals surface area contributed by atoms with Crippen LogP contribution in [0.3, 0.4) is 0 Å². The molecule has 0 radical (unpaired) electrons. The van der Waals surface area contributed by atoms with Gasteiger partial charge in [-0.3, -0.25) is 11.3 Å². The van der Waals surface area contributed by atoms with Crippen molar-refractivity contribution in [1.29, 1.82) is 0 Å². The fraction of sp³-hybridized carbons (Fsp3) is 0.143. The summed E-state index contributed by atoms with van der Waals surface area (Å²) in [4.78, 5) is 0. The maximum absolute atomic E-state index is 13.1. The summed E-state index contributed by atoms with van der Waals surface area (Å²) in [6.45, 7) is 0. The average molecular weight is 334 g/mol. The van der Waals surface area contributed by atoms with Crippen LogP contribution in [0.25, 0.3) is 0 Å². The molecule has 0 amide bonds. The Morgan fingerprint density at radius 3 is 2.25 bits per heavy atom. The van der Waals surface area contributed by atoms with Crippen molar-refractivity contribution in [2.75, 3.05) is 0 Å². The third-order valence-corrected chi connectivity index (χ3v) is 4.04. The number of hydrogen-bond acceptors (Lipinski definition) is 2. The zero-order valence-corrected chi connectivity index (χ0v) is 12.6. The van der Waals surface area contributed by atoms with Crippen molar-refractivity contribution >= 4 is 34.8 Å². The molecule has 0 spiro atoms. The molecule has 20 heavy (non-hydrogen) atoms. The summed E-state index contributed by atoms with van der Waals surface area (Å²) >= 11 is 18.3. The van der Waals surface area contributed by atoms with Crippen LogP contribution in [0.1, 0.15) is 17.2 Å². The van der Waals surface area contributed by atoms with Crippen molar-refractivity contribution in [1.82, 2.24) is 5.43 Å². The molecule has 0 fully saturated rings. The third-order valence-electron chi connectivity index (χ3n) is 3.01. The second-order valence-corrected chi connectivity index (χ2v) is 5.51. The van der Waals surface area contributed by atoms with E-state index in [-0.39, 0.29) is 6.04 Å². The molecule has 0 aliphatic carbocycles. The first-order valence-corrected chi connectivity index (χ1v) is 7.00. The van der Waals surface area contributed by atoms with Crippen molar-refractivity contribution in [2.45, 2.75) is 12.5 Å². The van der Waals surface area contributed by atoms with Crippen LogP contribution in [0.4, 0.5) is 4.39 Å². The van der Waals surface area contributed by atoms with E-state index in [2.05, 4.69) is 5.43 Å². The molecule has 1 unspecified atom stereocenters. The highest BCUT2D eigenvalue weighted by molar-refractivity contribution is 6.36. The molecular formula is C14H12Cl3FN2. The van der Waals surface area contributed by atoms with E-state index in [0.29, 0.717) is 27.1 Å². The second kappa shape index (κ2) is 6.74. The summed E-state index contributed by atoms with van der Waals surface area (Å²) in [6.07, 6.45) is 0.445. The van der Waals surface area contributed by atoms with Crippen LogP contribution in [0.15, 0.2) is 36.4 Å². The Bertz CT molecular complexity index is 599. The molecule has 2 aromatic rings. The first-order chi connectivity index (χ1) is 9.52.